The summed E-state index contributed by atoms with van der Waals surface area (Å²) < 4.78 is 24.9. The topological polar surface area (TPSA) is 60.3 Å². The molecule has 0 aromatic heterocycles. The molecule has 2 amide bonds. The number of nitrogens with one attached hydrogen (secondary N) is 1. The van der Waals surface area contributed by atoms with Crippen LogP contribution in [0.2, 0.25) is 0 Å². The SMILES string of the molecule is COc1cc2c(cc1OC)C[NH+]([C@H]1CC(=O)N(c3ccccc3F)C1=O)CC2. The van der Waals surface area contributed by atoms with E-state index in [9.17, 15) is 14.0 Å². The van der Waals surface area contributed by atoms with E-state index in [2.05, 4.69) is 0 Å². The van der Waals surface area contributed by atoms with Crippen LogP contribution in [0.3, 0.4) is 0 Å². The number of carbonyl (C=O) groups is 2. The molecule has 2 aromatic carbocycles. The Balaban J connectivity index is 1.59. The lowest BCUT2D eigenvalue weighted by molar-refractivity contribution is -0.930. The number of hydrogen-bond acceptors (Lipinski definition) is 4. The van der Waals surface area contributed by atoms with Gasteiger partial charge in [-0.2, -0.15) is 0 Å². The second-order valence-electron chi connectivity index (χ2n) is 7.09. The van der Waals surface area contributed by atoms with E-state index in [1.807, 2.05) is 12.1 Å². The van der Waals surface area contributed by atoms with Gasteiger partial charge in [0, 0.05) is 12.0 Å². The van der Waals surface area contributed by atoms with Gasteiger partial charge in [0.15, 0.2) is 17.5 Å². The maximum Gasteiger partial charge on any atom is 0.292 e. The fraction of sp³-hybridized carbons (Fsp3) is 0.333. The average Bonchev–Trinajstić information content (AvgIpc) is 3.01. The van der Waals surface area contributed by atoms with Crippen LogP contribution in [0.5, 0.6) is 11.5 Å². The zero-order valence-corrected chi connectivity index (χ0v) is 15.8. The summed E-state index contributed by atoms with van der Waals surface area (Å²) in [7, 11) is 3.19. The minimum Gasteiger partial charge on any atom is -0.493 e. The van der Waals surface area contributed by atoms with Crippen LogP contribution in [0, 0.1) is 5.82 Å². The first kappa shape index (κ1) is 18.4. The molecule has 2 aromatic rings. The van der Waals surface area contributed by atoms with Crippen molar-refractivity contribution in [1.82, 2.24) is 0 Å². The van der Waals surface area contributed by atoms with Gasteiger partial charge in [-0.15, -0.1) is 0 Å². The van der Waals surface area contributed by atoms with Gasteiger partial charge in [-0.05, 0) is 29.8 Å². The van der Waals surface area contributed by atoms with Crippen molar-refractivity contribution in [2.24, 2.45) is 0 Å². The van der Waals surface area contributed by atoms with Crippen LogP contribution >= 0.6 is 0 Å². The number of nitrogens with zero attached hydrogens (tertiary/aromatic N) is 1. The summed E-state index contributed by atoms with van der Waals surface area (Å²) in [5, 5.41) is 0. The Hall–Kier alpha value is -2.93. The van der Waals surface area contributed by atoms with E-state index < -0.39 is 11.9 Å². The van der Waals surface area contributed by atoms with Crippen molar-refractivity contribution in [3.63, 3.8) is 0 Å². The van der Waals surface area contributed by atoms with Crippen molar-refractivity contribution in [3.8, 4) is 11.5 Å². The molecule has 1 saturated heterocycles. The molecule has 1 fully saturated rings. The van der Waals surface area contributed by atoms with Crippen LogP contribution in [0.15, 0.2) is 36.4 Å². The van der Waals surface area contributed by atoms with Crippen LogP contribution in [-0.2, 0) is 22.6 Å². The van der Waals surface area contributed by atoms with Crippen molar-refractivity contribution < 1.29 is 28.4 Å². The molecule has 28 heavy (non-hydrogen) atoms. The number of quaternary nitrogens is 1. The molecular weight excluding hydrogens is 363 g/mol. The zero-order chi connectivity index (χ0) is 19.8. The van der Waals surface area contributed by atoms with Gasteiger partial charge in [-0.3, -0.25) is 9.59 Å². The van der Waals surface area contributed by atoms with Gasteiger partial charge in [0.25, 0.3) is 5.91 Å². The van der Waals surface area contributed by atoms with Crippen LogP contribution in [0.4, 0.5) is 10.1 Å². The smallest absolute Gasteiger partial charge is 0.292 e. The Labute approximate surface area is 162 Å². The molecule has 1 unspecified atom stereocenters. The van der Waals surface area contributed by atoms with Crippen molar-refractivity contribution in [2.45, 2.75) is 25.4 Å². The van der Waals surface area contributed by atoms with Gasteiger partial charge < -0.3 is 14.4 Å². The number of imide groups is 1. The number of rotatable bonds is 4. The molecule has 146 valence electrons. The summed E-state index contributed by atoms with van der Waals surface area (Å²) in [5.74, 6) is 0.0623. The average molecular weight is 385 g/mol. The van der Waals surface area contributed by atoms with Crippen LogP contribution < -0.4 is 19.3 Å². The quantitative estimate of drug-likeness (QED) is 0.802. The second-order valence-corrected chi connectivity index (χ2v) is 7.09. The predicted molar refractivity (Wildman–Crippen MR) is 100 cm³/mol. The maximum atomic E-state index is 14.1. The summed E-state index contributed by atoms with van der Waals surface area (Å²) in [4.78, 5) is 27.5. The van der Waals surface area contributed by atoms with E-state index in [4.69, 9.17) is 9.47 Å². The zero-order valence-electron chi connectivity index (χ0n) is 15.8. The summed E-state index contributed by atoms with van der Waals surface area (Å²) in [5.41, 5.74) is 2.26. The number of carbonyl (C=O) groups excluding carboxylic acids is 2. The third-order valence-corrected chi connectivity index (χ3v) is 5.57. The Morgan fingerprint density at radius 1 is 1.07 bits per heavy atom. The largest absolute Gasteiger partial charge is 0.493 e. The van der Waals surface area contributed by atoms with Gasteiger partial charge in [0.05, 0.1) is 32.9 Å². The van der Waals surface area contributed by atoms with E-state index in [0.717, 1.165) is 33.9 Å². The molecule has 2 aliphatic rings. The molecule has 0 spiro atoms. The number of methoxy groups -OCH3 is 2. The highest BCUT2D eigenvalue weighted by Gasteiger charge is 2.47. The van der Waals surface area contributed by atoms with Gasteiger partial charge >= 0.3 is 0 Å². The minimum atomic E-state index is -0.569. The van der Waals surface area contributed by atoms with Gasteiger partial charge in [0.1, 0.15) is 12.4 Å². The first-order valence-corrected chi connectivity index (χ1v) is 9.23. The van der Waals surface area contributed by atoms with E-state index in [1.54, 1.807) is 20.3 Å². The lowest BCUT2D eigenvalue weighted by Gasteiger charge is -2.30. The number of anilines is 1. The lowest BCUT2D eigenvalue weighted by atomic mass is 9.97. The van der Waals surface area contributed by atoms with E-state index >= 15 is 0 Å². The van der Waals surface area contributed by atoms with E-state index in [0.29, 0.717) is 18.0 Å². The number of para-hydroxylation sites is 1. The fourth-order valence-corrected chi connectivity index (χ4v) is 4.12. The standard InChI is InChI=1S/C21H21FN2O4/c1-27-18-9-13-7-8-23(12-14(13)10-19(18)28-2)17-11-20(25)24(21(17)26)16-6-4-3-5-15(16)22/h3-6,9-10,17H,7-8,11-12H2,1-2H3/p+1/t17-/m0/s1. The molecule has 4 rings (SSSR count). The molecular formula is C21H22FN2O4+. The van der Waals surface area contributed by atoms with Gasteiger partial charge in [-0.1, -0.05) is 12.1 Å². The second kappa shape index (κ2) is 7.24. The van der Waals surface area contributed by atoms with Crippen LogP contribution in [0.25, 0.3) is 0 Å². The third-order valence-electron chi connectivity index (χ3n) is 5.57. The highest BCUT2D eigenvalue weighted by atomic mass is 19.1. The monoisotopic (exact) mass is 385 g/mol. The van der Waals surface area contributed by atoms with Gasteiger partial charge in [0.2, 0.25) is 5.91 Å². The first-order valence-electron chi connectivity index (χ1n) is 9.23. The number of fused-ring (bicyclic) bond motifs is 1. The number of amides is 2. The normalized spacial score (nSPS) is 21.6. The van der Waals surface area contributed by atoms with Crippen LogP contribution in [0.1, 0.15) is 17.5 Å². The number of ether oxygens (including phenoxy) is 2. The summed E-state index contributed by atoms with van der Waals surface area (Å²) in [6.07, 6.45) is 0.855. The molecule has 0 radical (unpaired) electrons. The Morgan fingerprint density at radius 3 is 2.43 bits per heavy atom. The number of benzene rings is 2. The molecule has 2 aliphatic heterocycles. The first-order chi connectivity index (χ1) is 13.5. The van der Waals surface area contributed by atoms with Crippen molar-refractivity contribution in [1.29, 1.82) is 0 Å². The molecule has 7 heteroatoms. The number of halogens is 1. The van der Waals surface area contributed by atoms with Crippen molar-refractivity contribution in [3.05, 3.63) is 53.3 Å². The Morgan fingerprint density at radius 2 is 1.75 bits per heavy atom. The highest BCUT2D eigenvalue weighted by Crippen LogP contribution is 2.32. The third kappa shape index (κ3) is 3.01. The predicted octanol–water partition coefficient (Wildman–Crippen LogP) is 1.12. The summed E-state index contributed by atoms with van der Waals surface area (Å²) in [6, 6.07) is 9.28. The highest BCUT2D eigenvalue weighted by molar-refractivity contribution is 6.21. The van der Waals surface area contributed by atoms with E-state index in [1.165, 1.54) is 18.2 Å². The molecule has 0 saturated carbocycles. The molecule has 6 nitrogen and oxygen atoms in total. The Kier molecular flexibility index (Phi) is 4.77. The molecule has 2 heterocycles. The van der Waals surface area contributed by atoms with Crippen LogP contribution in [-0.4, -0.2) is 38.6 Å². The van der Waals surface area contributed by atoms with E-state index in [-0.39, 0.29) is 23.9 Å². The summed E-state index contributed by atoms with van der Waals surface area (Å²) in [6.45, 7) is 1.32. The lowest BCUT2D eigenvalue weighted by Crippen LogP contribution is -3.16. The van der Waals surface area contributed by atoms with Gasteiger partial charge in [-0.25, -0.2) is 9.29 Å². The maximum absolute atomic E-state index is 14.1. The minimum absolute atomic E-state index is 0.0308. The molecule has 2 atom stereocenters. The van der Waals surface area contributed by atoms with Crippen molar-refractivity contribution in [2.75, 3.05) is 25.7 Å². The van der Waals surface area contributed by atoms with Crippen molar-refractivity contribution >= 4 is 17.5 Å². The summed E-state index contributed by atoms with van der Waals surface area (Å²) >= 11 is 0. The number of hydrogen-bond donors (Lipinski definition) is 1. The fourth-order valence-electron chi connectivity index (χ4n) is 4.12. The molecule has 0 aliphatic carbocycles. The molecule has 1 N–H and O–H groups in total. The molecule has 0 bridgehead atoms. The Bertz CT molecular complexity index is 946.